The molecule has 0 bridgehead atoms. The lowest BCUT2D eigenvalue weighted by Gasteiger charge is -2.24. The molecule has 570 valence electrons. The molecule has 0 radical (unpaired) electrons. The van der Waals surface area contributed by atoms with Crippen molar-refractivity contribution in [2.24, 2.45) is 7.05 Å². The van der Waals surface area contributed by atoms with E-state index in [0.717, 1.165) is 71.9 Å². The van der Waals surface area contributed by atoms with Gasteiger partial charge >= 0.3 is 0 Å². The smallest absolute Gasteiger partial charge is 0.217 e. The number of nitrogens with one attached hydrogen (secondary N) is 2. The van der Waals surface area contributed by atoms with Crippen molar-refractivity contribution in [3.8, 4) is 0 Å². The fourth-order valence-corrected chi connectivity index (χ4v) is 12.8. The van der Waals surface area contributed by atoms with Crippen LogP contribution in [0.2, 0.25) is 0 Å². The Kier molecular flexibility index (Phi) is 32.3. The first-order valence-corrected chi connectivity index (χ1v) is 37.9. The SMILES string of the molecule is Cc1cc(C(=O)CS(=O)(=O)c2ccncc2)cs1.Cc1ccc(C(=O)CN(C)Cc2ccncc2)nn1.Cc1ccc(C(=O)CN(C)c2ccncc2)o1.Cc1ccc(C(=O)CN(c2ccncc2)c2ccncc2)c(C)c1.Cc1ccc(C(=O)CNc2ccncn2)n1C.Cc1cnc(C(=O)CNc2ccnnc2)s1. The number of Topliss-reactive ketones (excluding diaryl/α,β-unsaturated/α-hetero) is 6. The van der Waals surface area contributed by atoms with Crippen LogP contribution in [0.5, 0.6) is 0 Å². The van der Waals surface area contributed by atoms with Crippen molar-refractivity contribution in [3.05, 3.63) is 309 Å². The van der Waals surface area contributed by atoms with E-state index < -0.39 is 15.6 Å². The van der Waals surface area contributed by atoms with Gasteiger partial charge in [-0.25, -0.2) is 23.4 Å². The van der Waals surface area contributed by atoms with E-state index in [0.29, 0.717) is 46.6 Å². The summed E-state index contributed by atoms with van der Waals surface area (Å²) in [4.78, 5) is 112. The summed E-state index contributed by atoms with van der Waals surface area (Å²) < 4.78 is 31.1. The topological polar surface area (TPSA) is 343 Å². The van der Waals surface area contributed by atoms with E-state index in [1.165, 1.54) is 53.5 Å². The van der Waals surface area contributed by atoms with Gasteiger partial charge in [-0.2, -0.15) is 15.3 Å². The first-order valence-electron chi connectivity index (χ1n) is 34.5. The van der Waals surface area contributed by atoms with Gasteiger partial charge in [-0.15, -0.1) is 27.8 Å². The Balaban J connectivity index is 0.000000168. The number of aromatic nitrogens is 13. The molecule has 12 aromatic heterocycles. The molecule has 0 unspecified atom stereocenters. The van der Waals surface area contributed by atoms with Crippen LogP contribution in [0.4, 0.5) is 28.6 Å². The lowest BCUT2D eigenvalue weighted by atomic mass is 10.0. The van der Waals surface area contributed by atoms with Gasteiger partial charge in [0.05, 0.1) is 67.1 Å². The fourth-order valence-electron chi connectivity index (χ4n) is 10.2. The van der Waals surface area contributed by atoms with Crippen LogP contribution in [0.15, 0.2) is 241 Å². The fraction of sp³-hybridized carbons (Fsp3) is 0.210. The Morgan fingerprint density at radius 1 is 0.532 bits per heavy atom. The van der Waals surface area contributed by atoms with Crippen molar-refractivity contribution in [3.63, 3.8) is 0 Å². The van der Waals surface area contributed by atoms with Crippen molar-refractivity contribution < 1.29 is 41.6 Å². The zero-order valence-electron chi connectivity index (χ0n) is 62.9. The largest absolute Gasteiger partial charge is 0.458 e. The molecular formula is C81H84N18O9S3. The second-order valence-corrected chi connectivity index (χ2v) is 29.3. The quantitative estimate of drug-likeness (QED) is 0.0476. The molecule has 0 saturated heterocycles. The highest BCUT2D eigenvalue weighted by Gasteiger charge is 2.22. The molecule has 13 aromatic rings. The Morgan fingerprint density at radius 2 is 1.16 bits per heavy atom. The summed E-state index contributed by atoms with van der Waals surface area (Å²) in [5.41, 5.74) is 11.1. The van der Waals surface area contributed by atoms with Gasteiger partial charge in [0.2, 0.25) is 11.6 Å². The van der Waals surface area contributed by atoms with Crippen molar-refractivity contribution in [1.82, 2.24) is 69.7 Å². The first-order chi connectivity index (χ1) is 53.4. The molecule has 1 aromatic carbocycles. The van der Waals surface area contributed by atoms with Crippen LogP contribution < -0.4 is 20.4 Å². The lowest BCUT2D eigenvalue weighted by Crippen LogP contribution is -2.26. The number of furan rings is 1. The summed E-state index contributed by atoms with van der Waals surface area (Å²) in [5.74, 6) is 0.975. The number of aryl methyl sites for hydroxylation is 7. The van der Waals surface area contributed by atoms with Gasteiger partial charge in [0.1, 0.15) is 29.4 Å². The summed E-state index contributed by atoms with van der Waals surface area (Å²) in [7, 11) is 2.07. The maximum Gasteiger partial charge on any atom is 0.217 e. The first kappa shape index (κ1) is 83.9. The molecule has 0 aliphatic heterocycles. The Hall–Kier alpha value is -12.8. The number of anilines is 5. The Bertz CT molecular complexity index is 5180. The number of thiazole rings is 1. The summed E-state index contributed by atoms with van der Waals surface area (Å²) in [5, 5.41) is 23.3. The van der Waals surface area contributed by atoms with Gasteiger partial charge in [-0.05, 0) is 182 Å². The van der Waals surface area contributed by atoms with Crippen LogP contribution in [0, 0.1) is 48.5 Å². The molecule has 30 heteroatoms. The maximum atomic E-state index is 12.9. The highest BCUT2D eigenvalue weighted by molar-refractivity contribution is 7.92. The number of carbonyl (C=O) groups is 6. The third-order valence-corrected chi connectivity index (χ3v) is 19.5. The minimum atomic E-state index is -3.58. The van der Waals surface area contributed by atoms with E-state index in [4.69, 9.17) is 4.42 Å². The van der Waals surface area contributed by atoms with E-state index in [2.05, 4.69) is 70.9 Å². The number of nitrogens with zero attached hydrogens (tertiary/aromatic N) is 16. The molecule has 0 aliphatic carbocycles. The average Bonchev–Trinajstić information content (AvgIpc) is 1.78. The minimum Gasteiger partial charge on any atom is -0.458 e. The van der Waals surface area contributed by atoms with Crippen molar-refractivity contribution in [2.75, 3.05) is 73.0 Å². The number of carbonyl (C=O) groups excluding carboxylic acids is 6. The molecule has 27 nitrogen and oxygen atoms in total. The molecule has 2 N–H and O–H groups in total. The summed E-state index contributed by atoms with van der Waals surface area (Å²) >= 11 is 2.83. The summed E-state index contributed by atoms with van der Waals surface area (Å²) in [6.45, 7) is 15.5. The molecule has 111 heavy (non-hydrogen) atoms. The van der Waals surface area contributed by atoms with Crippen LogP contribution in [-0.2, 0) is 23.4 Å². The molecule has 0 fully saturated rings. The van der Waals surface area contributed by atoms with Crippen LogP contribution in [0.3, 0.4) is 0 Å². The van der Waals surface area contributed by atoms with E-state index in [-0.39, 0.29) is 65.8 Å². The molecule has 13 rings (SSSR count). The van der Waals surface area contributed by atoms with Crippen molar-refractivity contribution in [2.45, 2.75) is 59.9 Å². The third-order valence-electron chi connectivity index (χ3n) is 16.1. The van der Waals surface area contributed by atoms with E-state index in [1.807, 2.05) is 168 Å². The van der Waals surface area contributed by atoms with Gasteiger partial charge in [0, 0.05) is 144 Å². The second-order valence-electron chi connectivity index (χ2n) is 24.9. The van der Waals surface area contributed by atoms with Crippen molar-refractivity contribution in [1.29, 1.82) is 0 Å². The Labute approximate surface area is 652 Å². The standard InChI is InChI=1S/C20H19N3O.C14H16N4O.C13H14N2O2.C12H14N4O.C12H11NO3S2.C10H10N4OS/c1-15-3-4-19(16(2)13-15)20(24)14-23(17-5-9-21-10-6-17)18-7-11-22-12-8-18;1-11-3-4-13(17-16-11)14(19)10-18(2)9-12-5-7-15-8-6-12;1-10-3-4-13(17-10)12(16)9-15(2)11-5-7-14-8-6-11;1-9-3-4-10(16(9)2)11(17)7-14-12-5-6-13-8-15-12;1-9-6-10(7-17-9)12(14)8-18(15,16)11-2-4-13-5-3-11;1-7-4-12-10(16-7)9(15)6-11-8-2-3-13-14-5-8/h3-13H,14H2,1-2H3;3-8H,9-10H2,1-2H3;3-8H,9H2,1-2H3;3-6,8H,7H2,1-2H3,(H,13,14,15);2-7H,8H2,1H3;2-5H,6H2,1H3,(H,11,13). The van der Waals surface area contributed by atoms with Gasteiger partial charge in [-0.3, -0.25) is 58.6 Å². The zero-order chi connectivity index (χ0) is 79.7. The second kappa shape index (κ2) is 42.7. The highest BCUT2D eigenvalue weighted by Crippen LogP contribution is 2.26. The number of ketones is 6. The summed E-state index contributed by atoms with van der Waals surface area (Å²) in [6, 6.07) is 39.8. The number of benzene rings is 1. The van der Waals surface area contributed by atoms with Crippen LogP contribution >= 0.6 is 22.7 Å². The van der Waals surface area contributed by atoms with E-state index in [9.17, 15) is 37.2 Å². The predicted octanol–water partition coefficient (Wildman–Crippen LogP) is 13.0. The van der Waals surface area contributed by atoms with Gasteiger partial charge in [0.15, 0.2) is 43.7 Å². The zero-order valence-corrected chi connectivity index (χ0v) is 65.4. The highest BCUT2D eigenvalue weighted by atomic mass is 32.2. The Morgan fingerprint density at radius 3 is 1.70 bits per heavy atom. The number of sulfone groups is 1. The third kappa shape index (κ3) is 27.4. The van der Waals surface area contributed by atoms with Gasteiger partial charge in [-0.1, -0.05) is 23.8 Å². The number of likely N-dealkylation sites (N-methyl/N-ethyl adjacent to an activating group) is 2. The number of pyridine rings is 5. The van der Waals surface area contributed by atoms with Crippen LogP contribution in [-0.4, -0.2) is 165 Å². The molecular weight excluding hydrogens is 1470 g/mol. The predicted molar refractivity (Wildman–Crippen MR) is 429 cm³/mol. The normalized spacial score (nSPS) is 10.5. The molecule has 0 spiro atoms. The van der Waals surface area contributed by atoms with Crippen molar-refractivity contribution >= 4 is 95.8 Å². The molecule has 12 heterocycles. The molecule has 0 atom stereocenters. The van der Waals surface area contributed by atoms with E-state index in [1.54, 1.807) is 122 Å². The van der Waals surface area contributed by atoms with Gasteiger partial charge < -0.3 is 29.4 Å². The number of thiophene rings is 1. The number of hydrogen-bond acceptors (Lipinski definition) is 28. The minimum absolute atomic E-state index is 0.0186. The number of hydrogen-bond donors (Lipinski definition) is 2. The lowest BCUT2D eigenvalue weighted by molar-refractivity contribution is 0.0933. The molecule has 0 aliphatic rings. The van der Waals surface area contributed by atoms with Gasteiger partial charge in [0.25, 0.3) is 0 Å². The molecule has 0 amide bonds. The van der Waals surface area contributed by atoms with E-state index >= 15 is 0 Å². The maximum absolute atomic E-state index is 12.9. The molecule has 0 saturated carbocycles. The monoisotopic (exact) mass is 1550 g/mol. The summed E-state index contributed by atoms with van der Waals surface area (Å²) in [6.07, 6.45) is 24.5. The number of rotatable bonds is 26. The van der Waals surface area contributed by atoms with Crippen LogP contribution in [0.25, 0.3) is 0 Å². The average molecular weight is 1550 g/mol. The van der Waals surface area contributed by atoms with Crippen LogP contribution in [0.1, 0.15) is 106 Å².